The molecule has 0 atom stereocenters. The van der Waals surface area contributed by atoms with Gasteiger partial charge in [0.1, 0.15) is 5.54 Å². The molecule has 0 aromatic heterocycles. The number of hydrogen-bond acceptors (Lipinski definition) is 5. The fourth-order valence-corrected chi connectivity index (χ4v) is 1.73. The third kappa shape index (κ3) is 1.73. The molecular formula is C7H14N2O2S. The number of carbonyl (C=O) groups is 1. The van der Waals surface area contributed by atoms with Crippen LogP contribution in [0.25, 0.3) is 0 Å². The van der Waals surface area contributed by atoms with Crippen molar-refractivity contribution in [1.29, 1.82) is 0 Å². The lowest BCUT2D eigenvalue weighted by molar-refractivity contribution is -0.148. The maximum atomic E-state index is 11.4. The highest BCUT2D eigenvalue weighted by Gasteiger charge is 2.39. The Hall–Kier alpha value is -0.260. The molecule has 0 aromatic carbocycles. The molecule has 0 aliphatic carbocycles. The van der Waals surface area contributed by atoms with Crippen LogP contribution in [-0.4, -0.2) is 31.7 Å². The highest BCUT2D eigenvalue weighted by Crippen LogP contribution is 2.20. The predicted molar refractivity (Wildman–Crippen MR) is 49.0 cm³/mol. The number of thiol groups is 1. The smallest absolute Gasteiger partial charge is 0.326 e. The number of nitrogens with one attached hydrogen (secondary N) is 2. The van der Waals surface area contributed by atoms with Crippen molar-refractivity contribution in [2.45, 2.75) is 18.4 Å². The van der Waals surface area contributed by atoms with Gasteiger partial charge in [-0.25, -0.2) is 4.72 Å². The number of piperidine rings is 1. The molecule has 0 spiro atoms. The fourth-order valence-electron chi connectivity index (χ4n) is 1.41. The van der Waals surface area contributed by atoms with E-state index in [0.717, 1.165) is 25.9 Å². The molecule has 0 bridgehead atoms. The minimum absolute atomic E-state index is 0.223. The van der Waals surface area contributed by atoms with Crippen LogP contribution in [0.1, 0.15) is 12.8 Å². The summed E-state index contributed by atoms with van der Waals surface area (Å²) in [5, 5.41) is 3.17. The van der Waals surface area contributed by atoms with Gasteiger partial charge >= 0.3 is 5.97 Å². The first-order valence-corrected chi connectivity index (χ1v) is 4.40. The molecule has 1 saturated heterocycles. The summed E-state index contributed by atoms with van der Waals surface area (Å²) in [6.07, 6.45) is 1.45. The van der Waals surface area contributed by atoms with Crippen LogP contribution in [0, 0.1) is 0 Å². The van der Waals surface area contributed by atoms with E-state index in [9.17, 15) is 4.79 Å². The molecule has 1 aliphatic heterocycles. The van der Waals surface area contributed by atoms with Gasteiger partial charge in [-0.1, -0.05) is 12.8 Å². The second-order valence-electron chi connectivity index (χ2n) is 2.94. The van der Waals surface area contributed by atoms with Crippen molar-refractivity contribution >= 4 is 18.8 Å². The molecule has 1 heterocycles. The molecular weight excluding hydrogens is 176 g/mol. The number of methoxy groups -OCH3 is 1. The zero-order chi connectivity index (χ0) is 9.03. The van der Waals surface area contributed by atoms with Gasteiger partial charge in [0.25, 0.3) is 0 Å². The lowest BCUT2D eigenvalue weighted by Crippen LogP contribution is -2.55. The molecule has 70 valence electrons. The van der Waals surface area contributed by atoms with E-state index in [1.807, 2.05) is 0 Å². The topological polar surface area (TPSA) is 50.4 Å². The van der Waals surface area contributed by atoms with Crippen molar-refractivity contribution in [1.82, 2.24) is 10.0 Å². The van der Waals surface area contributed by atoms with Crippen molar-refractivity contribution in [3.05, 3.63) is 0 Å². The van der Waals surface area contributed by atoms with Crippen LogP contribution in [0.2, 0.25) is 0 Å². The number of esters is 1. The number of ether oxygens (including phenoxy) is 1. The van der Waals surface area contributed by atoms with Crippen LogP contribution in [-0.2, 0) is 9.53 Å². The molecule has 1 fully saturated rings. The number of carbonyl (C=O) groups excluding carboxylic acids is 1. The van der Waals surface area contributed by atoms with Gasteiger partial charge in [0.15, 0.2) is 0 Å². The van der Waals surface area contributed by atoms with Crippen LogP contribution in [0.3, 0.4) is 0 Å². The highest BCUT2D eigenvalue weighted by molar-refractivity contribution is 7.78. The molecule has 1 rings (SSSR count). The Labute approximate surface area is 77.6 Å². The molecule has 0 radical (unpaired) electrons. The van der Waals surface area contributed by atoms with Gasteiger partial charge in [0.2, 0.25) is 0 Å². The Morgan fingerprint density at radius 3 is 2.58 bits per heavy atom. The van der Waals surface area contributed by atoms with Crippen molar-refractivity contribution < 1.29 is 9.53 Å². The average Bonchev–Trinajstić information content (AvgIpc) is 2.17. The zero-order valence-corrected chi connectivity index (χ0v) is 7.99. The van der Waals surface area contributed by atoms with E-state index in [2.05, 4.69) is 22.9 Å². The summed E-state index contributed by atoms with van der Waals surface area (Å²) in [7, 11) is 1.40. The van der Waals surface area contributed by atoms with Crippen LogP contribution in [0.15, 0.2) is 0 Å². The molecule has 1 aliphatic rings. The summed E-state index contributed by atoms with van der Waals surface area (Å²) in [6, 6.07) is 0. The Bertz CT molecular complexity index is 169. The van der Waals surface area contributed by atoms with Gasteiger partial charge in [-0.15, -0.1) is 0 Å². The molecule has 0 saturated carbocycles. The summed E-state index contributed by atoms with van der Waals surface area (Å²) in [5.74, 6) is -0.223. The average molecular weight is 190 g/mol. The van der Waals surface area contributed by atoms with Gasteiger partial charge in [0, 0.05) is 0 Å². The van der Waals surface area contributed by atoms with E-state index in [1.54, 1.807) is 0 Å². The highest BCUT2D eigenvalue weighted by atomic mass is 32.1. The van der Waals surface area contributed by atoms with Gasteiger partial charge in [0.05, 0.1) is 7.11 Å². The third-order valence-electron chi connectivity index (χ3n) is 2.25. The molecule has 5 heteroatoms. The van der Waals surface area contributed by atoms with Gasteiger partial charge in [-0.3, -0.25) is 4.79 Å². The van der Waals surface area contributed by atoms with E-state index in [-0.39, 0.29) is 5.97 Å². The van der Waals surface area contributed by atoms with E-state index < -0.39 is 5.54 Å². The Morgan fingerprint density at radius 2 is 2.17 bits per heavy atom. The van der Waals surface area contributed by atoms with Crippen LogP contribution in [0.4, 0.5) is 0 Å². The monoisotopic (exact) mass is 190 g/mol. The first-order valence-electron chi connectivity index (χ1n) is 3.95. The zero-order valence-electron chi connectivity index (χ0n) is 7.09. The second-order valence-corrected chi connectivity index (χ2v) is 3.16. The fraction of sp³-hybridized carbons (Fsp3) is 0.857. The normalized spacial score (nSPS) is 21.8. The van der Waals surface area contributed by atoms with Crippen molar-refractivity contribution in [2.24, 2.45) is 0 Å². The quantitative estimate of drug-likeness (QED) is 0.414. The maximum absolute atomic E-state index is 11.4. The summed E-state index contributed by atoms with van der Waals surface area (Å²) < 4.78 is 7.45. The summed E-state index contributed by atoms with van der Waals surface area (Å²) in [5.41, 5.74) is -0.580. The summed E-state index contributed by atoms with van der Waals surface area (Å²) in [6.45, 7) is 1.64. The number of rotatable bonds is 2. The van der Waals surface area contributed by atoms with Crippen molar-refractivity contribution in [3.63, 3.8) is 0 Å². The van der Waals surface area contributed by atoms with Crippen molar-refractivity contribution in [2.75, 3.05) is 20.2 Å². The standard InChI is InChI=1S/C7H14N2O2S/c1-11-6(10)7(9-12)2-4-8-5-3-7/h8-9,12H,2-5H2,1H3. The molecule has 0 aromatic rings. The van der Waals surface area contributed by atoms with Crippen LogP contribution in [0.5, 0.6) is 0 Å². The molecule has 2 N–H and O–H groups in total. The maximum Gasteiger partial charge on any atom is 0.326 e. The van der Waals surface area contributed by atoms with E-state index in [0.29, 0.717) is 0 Å². The first kappa shape index (κ1) is 9.83. The molecule has 12 heavy (non-hydrogen) atoms. The Balaban J connectivity index is 2.66. The lowest BCUT2D eigenvalue weighted by Gasteiger charge is -2.33. The van der Waals surface area contributed by atoms with Gasteiger partial charge in [-0.05, 0) is 25.9 Å². The minimum Gasteiger partial charge on any atom is -0.468 e. The van der Waals surface area contributed by atoms with Crippen LogP contribution >= 0.6 is 12.8 Å². The van der Waals surface area contributed by atoms with E-state index in [4.69, 9.17) is 4.74 Å². The minimum atomic E-state index is -0.580. The SMILES string of the molecule is COC(=O)C1(NS)CCNCC1. The van der Waals surface area contributed by atoms with Gasteiger partial charge in [-0.2, -0.15) is 0 Å². The van der Waals surface area contributed by atoms with Crippen molar-refractivity contribution in [3.8, 4) is 0 Å². The van der Waals surface area contributed by atoms with Gasteiger partial charge < -0.3 is 10.1 Å². The van der Waals surface area contributed by atoms with E-state index in [1.165, 1.54) is 7.11 Å². The molecule has 0 unspecified atom stereocenters. The summed E-state index contributed by atoms with van der Waals surface area (Å²) in [4.78, 5) is 11.4. The molecule has 4 nitrogen and oxygen atoms in total. The second kappa shape index (κ2) is 4.11. The first-order chi connectivity index (χ1) is 5.75. The number of hydrogen-bond donors (Lipinski definition) is 3. The van der Waals surface area contributed by atoms with E-state index >= 15 is 0 Å². The predicted octanol–water partition coefficient (Wildman–Crippen LogP) is -0.284. The Kier molecular flexibility index (Phi) is 3.37. The lowest BCUT2D eigenvalue weighted by atomic mass is 9.90. The molecule has 0 amide bonds. The summed E-state index contributed by atoms with van der Waals surface area (Å²) >= 11 is 3.96. The third-order valence-corrected chi connectivity index (χ3v) is 2.68. The van der Waals surface area contributed by atoms with Crippen LogP contribution < -0.4 is 10.0 Å². The Morgan fingerprint density at radius 1 is 1.58 bits per heavy atom. The largest absolute Gasteiger partial charge is 0.468 e.